The smallest absolute Gasteiger partial charge is 0.191 e. The van der Waals surface area contributed by atoms with Crippen molar-refractivity contribution in [3.05, 3.63) is 52.0 Å². The highest BCUT2D eigenvalue weighted by atomic mass is 32.1. The van der Waals surface area contributed by atoms with Gasteiger partial charge in [-0.2, -0.15) is 0 Å². The highest BCUT2D eigenvalue weighted by molar-refractivity contribution is 7.09. The van der Waals surface area contributed by atoms with Crippen molar-refractivity contribution in [3.63, 3.8) is 0 Å². The molecule has 1 aliphatic rings. The maximum Gasteiger partial charge on any atom is 0.191 e. The van der Waals surface area contributed by atoms with Crippen molar-refractivity contribution < 1.29 is 0 Å². The SMILES string of the molecule is CN=C(NCCc1csc(C)n1)NCC1(c2ccccc2)CCCC1. The Kier molecular flexibility index (Phi) is 6.08. The molecule has 2 aromatic rings. The van der Waals surface area contributed by atoms with Crippen molar-refractivity contribution in [2.75, 3.05) is 20.1 Å². The zero-order chi connectivity index (χ0) is 17.5. The van der Waals surface area contributed by atoms with Gasteiger partial charge in [-0.25, -0.2) is 4.98 Å². The summed E-state index contributed by atoms with van der Waals surface area (Å²) in [5.41, 5.74) is 2.85. The summed E-state index contributed by atoms with van der Waals surface area (Å²) in [6.45, 7) is 3.83. The lowest BCUT2D eigenvalue weighted by atomic mass is 9.79. The van der Waals surface area contributed by atoms with Crippen LogP contribution in [0.15, 0.2) is 40.7 Å². The third kappa shape index (κ3) is 4.60. The van der Waals surface area contributed by atoms with Crippen molar-refractivity contribution in [1.29, 1.82) is 0 Å². The summed E-state index contributed by atoms with van der Waals surface area (Å²) < 4.78 is 0. The van der Waals surface area contributed by atoms with Crippen LogP contribution < -0.4 is 10.6 Å². The van der Waals surface area contributed by atoms with E-state index in [1.54, 1.807) is 11.3 Å². The lowest BCUT2D eigenvalue weighted by Gasteiger charge is -2.30. The van der Waals surface area contributed by atoms with Gasteiger partial charge in [0.05, 0.1) is 10.7 Å². The third-order valence-corrected chi connectivity index (χ3v) is 5.93. The lowest BCUT2D eigenvalue weighted by molar-refractivity contribution is 0.432. The largest absolute Gasteiger partial charge is 0.356 e. The number of rotatable bonds is 6. The Labute approximate surface area is 154 Å². The predicted octanol–water partition coefficient (Wildman–Crippen LogP) is 3.67. The Hall–Kier alpha value is -1.88. The van der Waals surface area contributed by atoms with Gasteiger partial charge in [-0.05, 0) is 25.3 Å². The van der Waals surface area contributed by atoms with E-state index in [9.17, 15) is 0 Å². The first-order valence-corrected chi connectivity index (χ1v) is 10.0. The van der Waals surface area contributed by atoms with Gasteiger partial charge in [0.25, 0.3) is 0 Å². The minimum absolute atomic E-state index is 0.241. The van der Waals surface area contributed by atoms with Crippen LogP contribution in [0.4, 0.5) is 0 Å². The van der Waals surface area contributed by atoms with Crippen LogP contribution in [0, 0.1) is 6.92 Å². The van der Waals surface area contributed by atoms with E-state index in [0.717, 1.165) is 36.2 Å². The molecule has 1 heterocycles. The van der Waals surface area contributed by atoms with Gasteiger partial charge in [0.2, 0.25) is 0 Å². The zero-order valence-electron chi connectivity index (χ0n) is 15.2. The maximum absolute atomic E-state index is 4.51. The summed E-state index contributed by atoms with van der Waals surface area (Å²) in [5.74, 6) is 0.883. The molecule has 0 bridgehead atoms. The molecular formula is C20H28N4S. The summed E-state index contributed by atoms with van der Waals surface area (Å²) >= 11 is 1.71. The van der Waals surface area contributed by atoms with E-state index in [1.807, 2.05) is 14.0 Å². The highest BCUT2D eigenvalue weighted by Crippen LogP contribution is 2.40. The standard InChI is InChI=1S/C20H28N4S/c1-16-24-18(14-25-16)10-13-22-19(21-2)23-15-20(11-6-7-12-20)17-8-4-3-5-9-17/h3-5,8-9,14H,6-7,10-13,15H2,1-2H3,(H2,21,22,23). The van der Waals surface area contributed by atoms with Crippen molar-refractivity contribution in [1.82, 2.24) is 15.6 Å². The molecule has 0 aliphatic heterocycles. The topological polar surface area (TPSA) is 49.3 Å². The van der Waals surface area contributed by atoms with Gasteiger partial charge in [-0.15, -0.1) is 11.3 Å². The predicted molar refractivity (Wildman–Crippen MR) is 107 cm³/mol. The molecule has 5 heteroatoms. The van der Waals surface area contributed by atoms with Crippen molar-refractivity contribution in [2.24, 2.45) is 4.99 Å². The molecule has 1 aromatic heterocycles. The van der Waals surface area contributed by atoms with Crippen LogP contribution in [0.5, 0.6) is 0 Å². The Morgan fingerprint density at radius 2 is 1.96 bits per heavy atom. The Bertz CT molecular complexity index is 687. The summed E-state index contributed by atoms with van der Waals surface area (Å²) in [6, 6.07) is 10.9. The molecule has 4 nitrogen and oxygen atoms in total. The number of nitrogens with one attached hydrogen (secondary N) is 2. The van der Waals surface area contributed by atoms with E-state index in [0.29, 0.717) is 0 Å². The minimum atomic E-state index is 0.241. The van der Waals surface area contributed by atoms with Crippen molar-refractivity contribution >= 4 is 17.3 Å². The second-order valence-electron chi connectivity index (χ2n) is 6.81. The van der Waals surface area contributed by atoms with E-state index >= 15 is 0 Å². The number of aliphatic imine (C=N–C) groups is 1. The fraction of sp³-hybridized carbons (Fsp3) is 0.500. The van der Waals surface area contributed by atoms with E-state index < -0.39 is 0 Å². The molecule has 0 unspecified atom stereocenters. The second kappa shape index (κ2) is 8.48. The Balaban J connectivity index is 1.54. The van der Waals surface area contributed by atoms with E-state index in [-0.39, 0.29) is 5.41 Å². The fourth-order valence-corrected chi connectivity index (χ4v) is 4.36. The second-order valence-corrected chi connectivity index (χ2v) is 7.88. The number of guanidine groups is 1. The number of aromatic nitrogens is 1. The first kappa shape index (κ1) is 17.9. The van der Waals surface area contributed by atoms with Gasteiger partial charge in [0.1, 0.15) is 0 Å². The van der Waals surface area contributed by atoms with Crippen LogP contribution in [0.1, 0.15) is 41.9 Å². The quantitative estimate of drug-likeness (QED) is 0.613. The molecule has 1 saturated carbocycles. The number of hydrogen-bond donors (Lipinski definition) is 2. The molecule has 3 rings (SSSR count). The zero-order valence-corrected chi connectivity index (χ0v) is 16.0. The van der Waals surface area contributed by atoms with Crippen molar-refractivity contribution in [3.8, 4) is 0 Å². The van der Waals surface area contributed by atoms with E-state index in [1.165, 1.54) is 31.2 Å². The van der Waals surface area contributed by atoms with Gasteiger partial charge < -0.3 is 10.6 Å². The van der Waals surface area contributed by atoms with Crippen LogP contribution >= 0.6 is 11.3 Å². The summed E-state index contributed by atoms with van der Waals surface area (Å²) in [7, 11) is 1.84. The number of nitrogens with zero attached hydrogens (tertiary/aromatic N) is 2. The fourth-order valence-electron chi connectivity index (χ4n) is 3.72. The molecule has 0 radical (unpaired) electrons. The molecule has 1 fully saturated rings. The van der Waals surface area contributed by atoms with E-state index in [4.69, 9.17) is 0 Å². The van der Waals surface area contributed by atoms with Crippen LogP contribution in [0.25, 0.3) is 0 Å². The number of benzene rings is 1. The van der Waals surface area contributed by atoms with Crippen LogP contribution in [-0.2, 0) is 11.8 Å². The molecule has 0 amide bonds. The van der Waals surface area contributed by atoms with Gasteiger partial charge in [0, 0.05) is 37.4 Å². The van der Waals surface area contributed by atoms with Gasteiger partial charge >= 0.3 is 0 Å². The summed E-state index contributed by atoms with van der Waals surface area (Å²) in [6.07, 6.45) is 6.05. The van der Waals surface area contributed by atoms with E-state index in [2.05, 4.69) is 56.3 Å². The number of thiazole rings is 1. The molecule has 0 saturated heterocycles. The lowest BCUT2D eigenvalue weighted by Crippen LogP contribution is -2.45. The average Bonchev–Trinajstić information content (AvgIpc) is 3.28. The molecule has 1 aromatic carbocycles. The molecule has 25 heavy (non-hydrogen) atoms. The third-order valence-electron chi connectivity index (χ3n) is 5.10. The Morgan fingerprint density at radius 1 is 1.20 bits per heavy atom. The van der Waals surface area contributed by atoms with Gasteiger partial charge in [-0.1, -0.05) is 43.2 Å². The highest BCUT2D eigenvalue weighted by Gasteiger charge is 2.35. The normalized spacial score (nSPS) is 16.8. The minimum Gasteiger partial charge on any atom is -0.356 e. The molecule has 2 N–H and O–H groups in total. The van der Waals surface area contributed by atoms with Gasteiger partial charge in [0.15, 0.2) is 5.96 Å². The number of aryl methyl sites for hydroxylation is 1. The summed E-state index contributed by atoms with van der Waals surface area (Å²) in [4.78, 5) is 8.90. The molecule has 0 spiro atoms. The Morgan fingerprint density at radius 3 is 2.60 bits per heavy atom. The number of hydrogen-bond acceptors (Lipinski definition) is 3. The molecule has 0 atom stereocenters. The molecular weight excluding hydrogens is 328 g/mol. The van der Waals surface area contributed by atoms with Crippen LogP contribution in [0.3, 0.4) is 0 Å². The average molecular weight is 357 g/mol. The monoisotopic (exact) mass is 356 g/mol. The molecule has 1 aliphatic carbocycles. The maximum atomic E-state index is 4.51. The van der Waals surface area contributed by atoms with Crippen LogP contribution in [-0.4, -0.2) is 31.1 Å². The first-order valence-electron chi connectivity index (χ1n) is 9.13. The van der Waals surface area contributed by atoms with Crippen molar-refractivity contribution in [2.45, 2.75) is 44.4 Å². The summed E-state index contributed by atoms with van der Waals surface area (Å²) in [5, 5.41) is 10.2. The molecule has 134 valence electrons. The first-order chi connectivity index (χ1) is 12.2. The van der Waals surface area contributed by atoms with Crippen LogP contribution in [0.2, 0.25) is 0 Å². The van der Waals surface area contributed by atoms with Gasteiger partial charge in [-0.3, -0.25) is 4.99 Å².